The third kappa shape index (κ3) is 1.33. The first-order chi connectivity index (χ1) is 5.46. The van der Waals surface area contributed by atoms with Gasteiger partial charge in [0.25, 0.3) is 0 Å². The van der Waals surface area contributed by atoms with E-state index in [1.165, 1.54) is 0 Å². The van der Waals surface area contributed by atoms with Gasteiger partial charge in [-0.2, -0.15) is 0 Å². The number of hydrogen-bond donors (Lipinski definition) is 6. The summed E-state index contributed by atoms with van der Waals surface area (Å²) in [5, 5.41) is 53.8. The van der Waals surface area contributed by atoms with Crippen LogP contribution < -0.4 is 0 Å². The average molecular weight is 180 g/mol. The molecule has 6 heteroatoms. The maximum atomic E-state index is 8.97. The molecule has 0 amide bonds. The minimum atomic E-state index is -1.64. The molecule has 0 aromatic carbocycles. The second-order valence-electron chi connectivity index (χ2n) is 2.94. The smallest absolute Gasteiger partial charge is 0.111 e. The van der Waals surface area contributed by atoms with Crippen LogP contribution in [0.4, 0.5) is 0 Å². The normalized spacial score (nSPS) is 55.5. The van der Waals surface area contributed by atoms with Crippen LogP contribution in [0.2, 0.25) is 0 Å². The van der Waals surface area contributed by atoms with Gasteiger partial charge in [0.2, 0.25) is 0 Å². The van der Waals surface area contributed by atoms with E-state index in [1.807, 2.05) is 0 Å². The molecular formula is C6H12O6. The fourth-order valence-corrected chi connectivity index (χ4v) is 1.21. The first-order valence-corrected chi connectivity index (χ1v) is 3.55. The molecule has 6 N–H and O–H groups in total. The topological polar surface area (TPSA) is 121 Å². The Morgan fingerprint density at radius 3 is 0.500 bits per heavy atom. The minimum Gasteiger partial charge on any atom is -0.387 e. The van der Waals surface area contributed by atoms with Gasteiger partial charge in [-0.15, -0.1) is 0 Å². The van der Waals surface area contributed by atoms with Crippen molar-refractivity contribution in [2.75, 3.05) is 0 Å². The fraction of sp³-hybridized carbons (Fsp3) is 1.00. The molecule has 6 nitrogen and oxygen atoms in total. The standard InChI is InChI=1S/C6H12O6/c7-1-2(8)4(10)6(12)5(11)3(1)9/h1-12H/t1-,2+,3?,4?,5-,6?/m0/s1. The van der Waals surface area contributed by atoms with Crippen LogP contribution in [0.3, 0.4) is 0 Å². The van der Waals surface area contributed by atoms with Crippen LogP contribution in [0.25, 0.3) is 0 Å². The van der Waals surface area contributed by atoms with Crippen molar-refractivity contribution >= 4 is 0 Å². The SMILES string of the molecule is OC1C(O)[C@H](O)[C@H](O)C(O)[C@@H]1O. The van der Waals surface area contributed by atoms with Crippen LogP contribution in [-0.2, 0) is 0 Å². The van der Waals surface area contributed by atoms with Crippen molar-refractivity contribution in [1.29, 1.82) is 0 Å². The van der Waals surface area contributed by atoms with Gasteiger partial charge in [0.15, 0.2) is 0 Å². The van der Waals surface area contributed by atoms with E-state index in [0.29, 0.717) is 0 Å². The Kier molecular flexibility index (Phi) is 2.67. The molecule has 0 unspecified atom stereocenters. The van der Waals surface area contributed by atoms with E-state index in [9.17, 15) is 0 Å². The molecule has 1 rings (SSSR count). The highest BCUT2D eigenvalue weighted by Crippen LogP contribution is 2.20. The maximum Gasteiger partial charge on any atom is 0.111 e. The summed E-state index contributed by atoms with van der Waals surface area (Å²) in [6.45, 7) is 0. The minimum absolute atomic E-state index is 1.64. The van der Waals surface area contributed by atoms with E-state index in [4.69, 9.17) is 30.6 Å². The zero-order chi connectivity index (χ0) is 9.46. The molecule has 0 aliphatic heterocycles. The number of aliphatic hydroxyl groups excluding tert-OH is 6. The highest BCUT2D eigenvalue weighted by atomic mass is 16.4. The maximum absolute atomic E-state index is 8.97. The summed E-state index contributed by atoms with van der Waals surface area (Å²) in [5.41, 5.74) is 0. The molecule has 0 bridgehead atoms. The van der Waals surface area contributed by atoms with Gasteiger partial charge in [-0.25, -0.2) is 0 Å². The second kappa shape index (κ2) is 3.25. The Balaban J connectivity index is 2.76. The molecule has 0 atom stereocenters. The zero-order valence-corrected chi connectivity index (χ0v) is 6.15. The number of rotatable bonds is 0. The molecule has 1 saturated carbocycles. The van der Waals surface area contributed by atoms with E-state index in [0.717, 1.165) is 0 Å². The number of aliphatic hydroxyl groups is 6. The molecule has 1 fully saturated rings. The van der Waals surface area contributed by atoms with Crippen molar-refractivity contribution in [2.24, 2.45) is 0 Å². The summed E-state index contributed by atoms with van der Waals surface area (Å²) in [4.78, 5) is 0. The van der Waals surface area contributed by atoms with Gasteiger partial charge in [0, 0.05) is 0 Å². The van der Waals surface area contributed by atoms with Gasteiger partial charge in [-0.3, -0.25) is 0 Å². The molecule has 72 valence electrons. The molecule has 1 aliphatic rings. The Bertz CT molecular complexity index is 104. The van der Waals surface area contributed by atoms with Crippen molar-refractivity contribution in [3.05, 3.63) is 0 Å². The van der Waals surface area contributed by atoms with Gasteiger partial charge in [0.05, 0.1) is 0 Å². The highest BCUT2D eigenvalue weighted by molar-refractivity contribution is 4.98. The summed E-state index contributed by atoms with van der Waals surface area (Å²) in [5.74, 6) is 0. The highest BCUT2D eigenvalue weighted by Gasteiger charge is 2.47. The molecule has 0 radical (unpaired) electrons. The molecule has 0 aromatic heterocycles. The van der Waals surface area contributed by atoms with Crippen LogP contribution in [0.15, 0.2) is 0 Å². The predicted molar refractivity (Wildman–Crippen MR) is 36.0 cm³/mol. The lowest BCUT2D eigenvalue weighted by Gasteiger charge is -2.39. The first-order valence-electron chi connectivity index (χ1n) is 3.55. The first kappa shape index (κ1) is 9.85. The molecule has 0 heterocycles. The summed E-state index contributed by atoms with van der Waals surface area (Å²) >= 11 is 0. The van der Waals surface area contributed by atoms with E-state index in [2.05, 4.69) is 0 Å². The zero-order valence-electron chi connectivity index (χ0n) is 6.15. The Hall–Kier alpha value is -0.240. The summed E-state index contributed by atoms with van der Waals surface area (Å²) < 4.78 is 0. The van der Waals surface area contributed by atoms with Crippen LogP contribution in [-0.4, -0.2) is 67.3 Å². The monoisotopic (exact) mass is 180 g/mol. The lowest BCUT2D eigenvalue weighted by Crippen LogP contribution is -2.63. The third-order valence-electron chi connectivity index (χ3n) is 2.10. The quantitative estimate of drug-likeness (QED) is 0.227. The van der Waals surface area contributed by atoms with Crippen LogP contribution in [0.1, 0.15) is 0 Å². The van der Waals surface area contributed by atoms with Crippen LogP contribution >= 0.6 is 0 Å². The molecule has 0 spiro atoms. The van der Waals surface area contributed by atoms with Crippen LogP contribution in [0, 0.1) is 0 Å². The van der Waals surface area contributed by atoms with E-state index >= 15 is 0 Å². The summed E-state index contributed by atoms with van der Waals surface area (Å²) in [6.07, 6.45) is -9.84. The predicted octanol–water partition coefficient (Wildman–Crippen LogP) is -3.83. The van der Waals surface area contributed by atoms with Crippen molar-refractivity contribution in [3.8, 4) is 0 Å². The average Bonchev–Trinajstić information content (AvgIpc) is 2.08. The molecule has 0 saturated heterocycles. The number of hydrogen-bond acceptors (Lipinski definition) is 6. The van der Waals surface area contributed by atoms with Gasteiger partial charge in [0.1, 0.15) is 36.6 Å². The molecule has 12 heavy (non-hydrogen) atoms. The van der Waals surface area contributed by atoms with Gasteiger partial charge in [-0.1, -0.05) is 0 Å². The van der Waals surface area contributed by atoms with Gasteiger partial charge in [-0.05, 0) is 0 Å². The summed E-state index contributed by atoms with van der Waals surface area (Å²) in [6, 6.07) is 0. The Morgan fingerprint density at radius 1 is 0.333 bits per heavy atom. The molecule has 0 aromatic rings. The Morgan fingerprint density at radius 2 is 0.417 bits per heavy atom. The van der Waals surface area contributed by atoms with Crippen molar-refractivity contribution < 1.29 is 30.6 Å². The fourth-order valence-electron chi connectivity index (χ4n) is 1.21. The van der Waals surface area contributed by atoms with Gasteiger partial charge >= 0.3 is 0 Å². The molecular weight excluding hydrogens is 168 g/mol. The largest absolute Gasteiger partial charge is 0.387 e. The van der Waals surface area contributed by atoms with Crippen LogP contribution in [0.5, 0.6) is 0 Å². The second-order valence-corrected chi connectivity index (χ2v) is 2.94. The lowest BCUT2D eigenvalue weighted by atomic mass is 9.85. The van der Waals surface area contributed by atoms with E-state index < -0.39 is 36.6 Å². The van der Waals surface area contributed by atoms with Gasteiger partial charge < -0.3 is 30.6 Å². The Labute approximate surface area is 68.3 Å². The van der Waals surface area contributed by atoms with E-state index in [1.54, 1.807) is 0 Å². The van der Waals surface area contributed by atoms with Crippen molar-refractivity contribution in [1.82, 2.24) is 0 Å². The van der Waals surface area contributed by atoms with Crippen molar-refractivity contribution in [2.45, 2.75) is 36.6 Å². The van der Waals surface area contributed by atoms with Crippen molar-refractivity contribution in [3.63, 3.8) is 0 Å². The summed E-state index contributed by atoms with van der Waals surface area (Å²) in [7, 11) is 0. The molecule has 1 aliphatic carbocycles. The van der Waals surface area contributed by atoms with E-state index in [-0.39, 0.29) is 0 Å². The third-order valence-corrected chi connectivity index (χ3v) is 2.10. The lowest BCUT2D eigenvalue weighted by molar-refractivity contribution is -0.223.